The third kappa shape index (κ3) is 5.34. The summed E-state index contributed by atoms with van der Waals surface area (Å²) in [6.07, 6.45) is 7.42. The first-order valence-corrected chi connectivity index (χ1v) is 16.1. The van der Waals surface area contributed by atoms with Crippen molar-refractivity contribution in [3.05, 3.63) is 65.2 Å². The van der Waals surface area contributed by atoms with E-state index in [1.54, 1.807) is 37.4 Å². The maximum absolute atomic E-state index is 14.6. The molecule has 4 aromatic heterocycles. The summed E-state index contributed by atoms with van der Waals surface area (Å²) in [6, 6.07) is 9.95. The number of ether oxygens (including phenoxy) is 2. The summed E-state index contributed by atoms with van der Waals surface area (Å²) in [4.78, 5) is 11.5. The van der Waals surface area contributed by atoms with Gasteiger partial charge in [0, 0.05) is 29.8 Å². The van der Waals surface area contributed by atoms with E-state index >= 15 is 0 Å². The van der Waals surface area contributed by atoms with Crippen LogP contribution >= 0.6 is 11.6 Å². The number of methoxy groups -OCH3 is 2. The summed E-state index contributed by atoms with van der Waals surface area (Å²) in [7, 11) is -1.15. The number of hydrogen-bond acceptors (Lipinski definition) is 7. The van der Waals surface area contributed by atoms with Crippen molar-refractivity contribution in [1.29, 1.82) is 0 Å². The molecular formula is C31H33ClFN5O4S. The molecule has 0 bridgehead atoms. The fourth-order valence-electron chi connectivity index (χ4n) is 5.80. The Morgan fingerprint density at radius 2 is 1.77 bits per heavy atom. The molecule has 0 amide bonds. The van der Waals surface area contributed by atoms with Crippen molar-refractivity contribution in [3.8, 4) is 22.9 Å². The van der Waals surface area contributed by atoms with Crippen molar-refractivity contribution in [3.63, 3.8) is 0 Å². The van der Waals surface area contributed by atoms with Gasteiger partial charge in [0.15, 0.2) is 17.2 Å². The molecule has 1 aliphatic rings. The quantitative estimate of drug-likeness (QED) is 0.190. The predicted molar refractivity (Wildman–Crippen MR) is 165 cm³/mol. The summed E-state index contributed by atoms with van der Waals surface area (Å²) in [5.74, 6) is -0.0274. The van der Waals surface area contributed by atoms with Gasteiger partial charge in [0.2, 0.25) is 0 Å². The van der Waals surface area contributed by atoms with Crippen LogP contribution < -0.4 is 9.47 Å². The SMILES string of the molecule is COc1cc2c(nc1OC)c(-c1cc3c(Cl)c(F)cnc3n1S(=O)(=O)c1ccc(C)cc1)cn2CCCN1CCCCC1. The molecule has 6 rings (SSSR count). The highest BCUT2D eigenvalue weighted by atomic mass is 35.5. The summed E-state index contributed by atoms with van der Waals surface area (Å²) < 4.78 is 57.3. The first kappa shape index (κ1) is 29.4. The van der Waals surface area contributed by atoms with E-state index in [0.717, 1.165) is 47.3 Å². The lowest BCUT2D eigenvalue weighted by atomic mass is 10.1. The largest absolute Gasteiger partial charge is 0.491 e. The van der Waals surface area contributed by atoms with Gasteiger partial charge < -0.3 is 18.9 Å². The molecule has 1 aliphatic heterocycles. The average molecular weight is 626 g/mol. The molecule has 1 aromatic carbocycles. The number of benzene rings is 1. The zero-order valence-corrected chi connectivity index (χ0v) is 25.9. The van der Waals surface area contributed by atoms with E-state index in [-0.39, 0.29) is 32.5 Å². The molecule has 1 fully saturated rings. The second-order valence-corrected chi connectivity index (χ2v) is 13.0. The van der Waals surface area contributed by atoms with Crippen LogP contribution in [0.1, 0.15) is 31.2 Å². The second kappa shape index (κ2) is 11.8. The van der Waals surface area contributed by atoms with Gasteiger partial charge >= 0.3 is 0 Å². The van der Waals surface area contributed by atoms with Crippen molar-refractivity contribution in [2.24, 2.45) is 0 Å². The molecule has 12 heteroatoms. The fourth-order valence-corrected chi connectivity index (χ4v) is 7.46. The van der Waals surface area contributed by atoms with Gasteiger partial charge in [-0.2, -0.15) is 0 Å². The van der Waals surface area contributed by atoms with Crippen LogP contribution in [0.3, 0.4) is 0 Å². The van der Waals surface area contributed by atoms with Crippen LogP contribution in [0.5, 0.6) is 11.6 Å². The zero-order chi connectivity index (χ0) is 30.3. The van der Waals surface area contributed by atoms with Gasteiger partial charge in [-0.25, -0.2) is 26.7 Å². The van der Waals surface area contributed by atoms with Gasteiger partial charge in [0.1, 0.15) is 5.52 Å². The summed E-state index contributed by atoms with van der Waals surface area (Å²) >= 11 is 6.38. The number of hydrogen-bond donors (Lipinski definition) is 0. The zero-order valence-electron chi connectivity index (χ0n) is 24.3. The molecule has 0 radical (unpaired) electrons. The lowest BCUT2D eigenvalue weighted by Crippen LogP contribution is -2.31. The Balaban J connectivity index is 1.56. The van der Waals surface area contributed by atoms with Crippen LogP contribution in [-0.4, -0.2) is 65.7 Å². The van der Waals surface area contributed by atoms with E-state index in [9.17, 15) is 12.8 Å². The van der Waals surface area contributed by atoms with E-state index in [1.807, 2.05) is 19.2 Å². The van der Waals surface area contributed by atoms with E-state index in [2.05, 4.69) is 14.5 Å². The smallest absolute Gasteiger partial charge is 0.269 e. The van der Waals surface area contributed by atoms with Gasteiger partial charge in [0.25, 0.3) is 15.9 Å². The van der Waals surface area contributed by atoms with Crippen LogP contribution in [0, 0.1) is 12.7 Å². The number of nitrogens with zero attached hydrogens (tertiary/aromatic N) is 5. The lowest BCUT2D eigenvalue weighted by molar-refractivity contribution is 0.223. The first-order valence-electron chi connectivity index (χ1n) is 14.2. The molecule has 0 N–H and O–H groups in total. The number of piperidine rings is 1. The molecule has 0 unspecified atom stereocenters. The fraction of sp³-hybridized carbons (Fsp3) is 0.355. The Bertz CT molecular complexity index is 1910. The van der Waals surface area contributed by atoms with Gasteiger partial charge in [-0.05, 0) is 64.0 Å². The first-order chi connectivity index (χ1) is 20.7. The Morgan fingerprint density at radius 1 is 1.02 bits per heavy atom. The number of fused-ring (bicyclic) bond motifs is 2. The number of pyridine rings is 2. The normalized spacial score (nSPS) is 14.5. The minimum atomic E-state index is -4.19. The predicted octanol–water partition coefficient (Wildman–Crippen LogP) is 6.28. The summed E-state index contributed by atoms with van der Waals surface area (Å²) in [5, 5.41) is -0.0274. The third-order valence-electron chi connectivity index (χ3n) is 8.03. The van der Waals surface area contributed by atoms with E-state index in [0.29, 0.717) is 23.4 Å². The molecular weight excluding hydrogens is 593 g/mol. The molecule has 43 heavy (non-hydrogen) atoms. The van der Waals surface area contributed by atoms with Gasteiger partial charge in [-0.15, -0.1) is 0 Å². The van der Waals surface area contributed by atoms with Crippen molar-refractivity contribution in [1.82, 2.24) is 23.4 Å². The molecule has 1 saturated heterocycles. The topological polar surface area (TPSA) is 91.5 Å². The molecule has 0 aliphatic carbocycles. The molecule has 0 spiro atoms. The van der Waals surface area contributed by atoms with Crippen molar-refractivity contribution < 1.29 is 22.3 Å². The van der Waals surface area contributed by atoms with Crippen molar-refractivity contribution in [2.45, 2.75) is 44.0 Å². The average Bonchev–Trinajstić information content (AvgIpc) is 3.58. The second-order valence-electron chi connectivity index (χ2n) is 10.8. The maximum atomic E-state index is 14.6. The van der Waals surface area contributed by atoms with Crippen LogP contribution in [-0.2, 0) is 16.6 Å². The molecule has 0 saturated carbocycles. The minimum absolute atomic E-state index is 0.0217. The molecule has 5 aromatic rings. The molecule has 0 atom stereocenters. The third-order valence-corrected chi connectivity index (χ3v) is 10.1. The van der Waals surface area contributed by atoms with E-state index < -0.39 is 15.8 Å². The summed E-state index contributed by atoms with van der Waals surface area (Å²) in [5.41, 5.74) is 2.97. The van der Waals surface area contributed by atoms with Crippen molar-refractivity contribution in [2.75, 3.05) is 33.9 Å². The van der Waals surface area contributed by atoms with Gasteiger partial charge in [-0.1, -0.05) is 35.7 Å². The van der Waals surface area contributed by atoms with Crippen LogP contribution in [0.15, 0.2) is 53.7 Å². The Hall–Kier alpha value is -3.67. The maximum Gasteiger partial charge on any atom is 0.269 e. The Morgan fingerprint density at radius 3 is 2.47 bits per heavy atom. The molecule has 226 valence electrons. The summed E-state index contributed by atoms with van der Waals surface area (Å²) in [6.45, 7) is 5.71. The molecule has 5 heterocycles. The minimum Gasteiger partial charge on any atom is -0.491 e. The van der Waals surface area contributed by atoms with Crippen LogP contribution in [0.2, 0.25) is 5.02 Å². The number of likely N-dealkylation sites (tertiary alicyclic amines) is 1. The van der Waals surface area contributed by atoms with Crippen LogP contribution in [0.25, 0.3) is 33.3 Å². The van der Waals surface area contributed by atoms with Crippen LogP contribution in [0.4, 0.5) is 4.39 Å². The van der Waals surface area contributed by atoms with Gasteiger partial charge in [0.05, 0.1) is 41.5 Å². The van der Waals surface area contributed by atoms with E-state index in [1.165, 1.54) is 26.4 Å². The number of aryl methyl sites for hydroxylation is 2. The highest BCUT2D eigenvalue weighted by Gasteiger charge is 2.29. The Labute approximate surface area is 254 Å². The number of rotatable bonds is 9. The number of halogens is 2. The van der Waals surface area contributed by atoms with Crippen molar-refractivity contribution >= 4 is 43.7 Å². The van der Waals surface area contributed by atoms with Gasteiger partial charge in [-0.3, -0.25) is 0 Å². The van der Waals surface area contributed by atoms with E-state index in [4.69, 9.17) is 26.1 Å². The highest BCUT2D eigenvalue weighted by molar-refractivity contribution is 7.90. The standard InChI is InChI=1S/C31H33ClFN5O4S/c1-20-8-10-21(11-9-20)43(39,40)38-25(16-22-28(32)24(33)18-34-30(22)38)23-19-37(15-7-14-36-12-5-4-6-13-36)26-17-27(41-2)31(42-3)35-29(23)26/h8-11,16-19H,4-7,12-15H2,1-3H3. The monoisotopic (exact) mass is 625 g/mol. The Kier molecular flexibility index (Phi) is 8.06. The highest BCUT2D eigenvalue weighted by Crippen LogP contribution is 2.40. The number of aromatic nitrogens is 4. The molecule has 9 nitrogen and oxygen atoms in total. The lowest BCUT2D eigenvalue weighted by Gasteiger charge is -2.26.